The van der Waals surface area contributed by atoms with Crippen LogP contribution in [0.15, 0.2) is 30.3 Å². The van der Waals surface area contributed by atoms with Crippen molar-refractivity contribution in [3.8, 4) is 0 Å². The molecule has 5 nitrogen and oxygen atoms in total. The Morgan fingerprint density at radius 3 is 2.42 bits per heavy atom. The summed E-state index contributed by atoms with van der Waals surface area (Å²) < 4.78 is 10.3. The maximum absolute atomic E-state index is 12.3. The average Bonchev–Trinajstić information content (AvgIpc) is 2.88. The summed E-state index contributed by atoms with van der Waals surface area (Å²) in [6.07, 6.45) is 3.89. The molecule has 5 heteroatoms. The summed E-state index contributed by atoms with van der Waals surface area (Å²) in [6.45, 7) is 6.97. The molecule has 0 atom stereocenters. The van der Waals surface area contributed by atoms with E-state index < -0.39 is 5.60 Å². The van der Waals surface area contributed by atoms with E-state index in [0.29, 0.717) is 13.1 Å². The number of allylic oxidation sites excluding steroid dienone is 1. The molecule has 1 aromatic rings. The maximum Gasteiger partial charge on any atom is 0.410 e. The fourth-order valence-corrected chi connectivity index (χ4v) is 4.00. The molecule has 26 heavy (non-hydrogen) atoms. The Morgan fingerprint density at radius 1 is 1.15 bits per heavy atom. The molecule has 2 aliphatic rings. The molecular weight excluding hydrogens is 330 g/mol. The molecule has 0 radical (unpaired) electrons. The fraction of sp³-hybridized carbons (Fsp3) is 0.524. The molecule has 0 unspecified atom stereocenters. The van der Waals surface area contributed by atoms with Gasteiger partial charge in [-0.25, -0.2) is 9.59 Å². The third kappa shape index (κ3) is 3.62. The number of nitrogens with zero attached hydrogens (tertiary/aromatic N) is 1. The number of hydrogen-bond acceptors (Lipinski definition) is 4. The smallest absolute Gasteiger partial charge is 0.410 e. The van der Waals surface area contributed by atoms with E-state index in [4.69, 9.17) is 9.47 Å². The highest BCUT2D eigenvalue weighted by Crippen LogP contribution is 2.51. The first-order chi connectivity index (χ1) is 12.2. The molecule has 1 aliphatic heterocycles. The summed E-state index contributed by atoms with van der Waals surface area (Å²) >= 11 is 0. The third-order valence-corrected chi connectivity index (χ3v) is 5.24. The van der Waals surface area contributed by atoms with Gasteiger partial charge in [-0.05, 0) is 56.7 Å². The molecule has 1 aliphatic carbocycles. The number of carbonyl (C=O) groups excluding carboxylic acids is 2. The van der Waals surface area contributed by atoms with E-state index in [2.05, 4.69) is 12.1 Å². The lowest BCUT2D eigenvalue weighted by molar-refractivity contribution is -0.134. The molecule has 1 spiro atoms. The largest absolute Gasteiger partial charge is 0.466 e. The molecule has 1 saturated heterocycles. The van der Waals surface area contributed by atoms with Crippen LogP contribution < -0.4 is 0 Å². The van der Waals surface area contributed by atoms with Gasteiger partial charge in [0, 0.05) is 24.6 Å². The van der Waals surface area contributed by atoms with Crippen LogP contribution in [0.5, 0.6) is 0 Å². The minimum Gasteiger partial charge on any atom is -0.466 e. The van der Waals surface area contributed by atoms with Crippen molar-refractivity contribution in [1.29, 1.82) is 0 Å². The minimum atomic E-state index is -0.484. The summed E-state index contributed by atoms with van der Waals surface area (Å²) in [5.74, 6) is -0.321. The summed E-state index contributed by atoms with van der Waals surface area (Å²) in [5.41, 5.74) is 2.93. The molecule has 0 bridgehead atoms. The number of rotatable bonds is 1. The Morgan fingerprint density at radius 2 is 1.81 bits per heavy atom. The van der Waals surface area contributed by atoms with Gasteiger partial charge in [-0.1, -0.05) is 24.3 Å². The minimum absolute atomic E-state index is 0.0189. The lowest BCUT2D eigenvalue weighted by Gasteiger charge is -2.40. The summed E-state index contributed by atoms with van der Waals surface area (Å²) in [4.78, 5) is 25.9. The second-order valence-corrected chi connectivity index (χ2v) is 8.16. The SMILES string of the molecule is COC(=O)/C=C1/CC2(CCN(C(=O)OC(C)(C)C)CC2)c2ccccc21. The van der Waals surface area contributed by atoms with Crippen molar-refractivity contribution in [2.24, 2.45) is 0 Å². The molecule has 1 aromatic carbocycles. The van der Waals surface area contributed by atoms with E-state index in [1.54, 1.807) is 11.0 Å². The number of methoxy groups -OCH3 is 1. The maximum atomic E-state index is 12.3. The Labute approximate surface area is 155 Å². The van der Waals surface area contributed by atoms with Gasteiger partial charge in [-0.3, -0.25) is 0 Å². The van der Waals surface area contributed by atoms with Gasteiger partial charge in [0.05, 0.1) is 7.11 Å². The van der Waals surface area contributed by atoms with E-state index in [-0.39, 0.29) is 17.5 Å². The van der Waals surface area contributed by atoms with Gasteiger partial charge in [0.15, 0.2) is 0 Å². The van der Waals surface area contributed by atoms with Crippen LogP contribution in [0, 0.1) is 0 Å². The van der Waals surface area contributed by atoms with E-state index >= 15 is 0 Å². The van der Waals surface area contributed by atoms with Crippen molar-refractivity contribution in [2.45, 2.75) is 51.0 Å². The molecule has 0 N–H and O–H groups in total. The van der Waals surface area contributed by atoms with E-state index in [0.717, 1.165) is 30.4 Å². The van der Waals surface area contributed by atoms with Crippen LogP contribution in [0.2, 0.25) is 0 Å². The zero-order valence-corrected chi connectivity index (χ0v) is 16.0. The molecule has 1 heterocycles. The zero-order chi connectivity index (χ0) is 18.9. The van der Waals surface area contributed by atoms with Gasteiger partial charge >= 0.3 is 12.1 Å². The second-order valence-electron chi connectivity index (χ2n) is 8.16. The normalized spacial score (nSPS) is 20.2. The standard InChI is InChI=1S/C21H27NO4/c1-20(2,3)26-19(24)22-11-9-21(10-12-22)14-15(13-18(23)25-4)16-7-5-6-8-17(16)21/h5-8,13H,9-12,14H2,1-4H3/b15-13-. The number of amides is 1. The molecule has 0 aromatic heterocycles. The van der Waals surface area contributed by atoms with Gasteiger partial charge in [-0.2, -0.15) is 0 Å². The molecule has 1 amide bonds. The number of piperidine rings is 1. The van der Waals surface area contributed by atoms with Crippen molar-refractivity contribution >= 4 is 17.6 Å². The first-order valence-electron chi connectivity index (χ1n) is 9.10. The predicted octanol–water partition coefficient (Wildman–Crippen LogP) is 3.92. The van der Waals surface area contributed by atoms with E-state index in [1.807, 2.05) is 32.9 Å². The molecule has 3 rings (SSSR count). The Hall–Kier alpha value is -2.30. The highest BCUT2D eigenvalue weighted by molar-refractivity contribution is 5.93. The number of fused-ring (bicyclic) bond motifs is 2. The summed E-state index contributed by atoms with van der Waals surface area (Å²) in [5, 5.41) is 0. The van der Waals surface area contributed by atoms with Crippen LogP contribution in [0.3, 0.4) is 0 Å². The highest BCUT2D eigenvalue weighted by atomic mass is 16.6. The quantitative estimate of drug-likeness (QED) is 0.565. The number of likely N-dealkylation sites (tertiary alicyclic amines) is 1. The van der Waals surface area contributed by atoms with Gasteiger partial charge in [0.25, 0.3) is 0 Å². The van der Waals surface area contributed by atoms with Crippen LogP contribution in [-0.4, -0.2) is 42.8 Å². The van der Waals surface area contributed by atoms with Crippen LogP contribution in [0.1, 0.15) is 51.2 Å². The number of ether oxygens (including phenoxy) is 2. The topological polar surface area (TPSA) is 55.8 Å². The molecular formula is C21H27NO4. The van der Waals surface area contributed by atoms with Gasteiger partial charge in [-0.15, -0.1) is 0 Å². The predicted molar refractivity (Wildman–Crippen MR) is 99.8 cm³/mol. The van der Waals surface area contributed by atoms with Crippen molar-refractivity contribution in [3.05, 3.63) is 41.5 Å². The van der Waals surface area contributed by atoms with Crippen LogP contribution in [0.25, 0.3) is 5.57 Å². The highest BCUT2D eigenvalue weighted by Gasteiger charge is 2.44. The van der Waals surface area contributed by atoms with Crippen molar-refractivity contribution in [1.82, 2.24) is 4.90 Å². The van der Waals surface area contributed by atoms with Gasteiger partial charge in [0.1, 0.15) is 5.60 Å². The monoisotopic (exact) mass is 357 g/mol. The lowest BCUT2D eigenvalue weighted by atomic mass is 9.73. The molecule has 0 saturated carbocycles. The number of esters is 1. The lowest BCUT2D eigenvalue weighted by Crippen LogP contribution is -2.46. The molecule has 1 fully saturated rings. The number of benzene rings is 1. The number of hydrogen-bond donors (Lipinski definition) is 0. The molecule has 140 valence electrons. The van der Waals surface area contributed by atoms with Crippen LogP contribution in [-0.2, 0) is 19.7 Å². The van der Waals surface area contributed by atoms with Crippen molar-refractivity contribution in [3.63, 3.8) is 0 Å². The van der Waals surface area contributed by atoms with Crippen molar-refractivity contribution in [2.75, 3.05) is 20.2 Å². The van der Waals surface area contributed by atoms with Crippen molar-refractivity contribution < 1.29 is 19.1 Å². The first kappa shape index (κ1) is 18.5. The van der Waals surface area contributed by atoms with E-state index in [9.17, 15) is 9.59 Å². The summed E-state index contributed by atoms with van der Waals surface area (Å²) in [7, 11) is 1.40. The third-order valence-electron chi connectivity index (χ3n) is 5.24. The Bertz CT molecular complexity index is 737. The zero-order valence-electron chi connectivity index (χ0n) is 16.0. The van der Waals surface area contributed by atoms with Crippen LogP contribution >= 0.6 is 0 Å². The number of carbonyl (C=O) groups is 2. The Kier molecular flexibility index (Phi) is 4.82. The average molecular weight is 357 g/mol. The fourth-order valence-electron chi connectivity index (χ4n) is 4.00. The second kappa shape index (κ2) is 6.78. The van der Waals surface area contributed by atoms with E-state index in [1.165, 1.54) is 12.7 Å². The van der Waals surface area contributed by atoms with Gasteiger partial charge < -0.3 is 14.4 Å². The summed E-state index contributed by atoms with van der Waals surface area (Å²) in [6, 6.07) is 8.26. The van der Waals surface area contributed by atoms with Gasteiger partial charge in [0.2, 0.25) is 0 Å². The first-order valence-corrected chi connectivity index (χ1v) is 9.10. The Balaban J connectivity index is 1.79. The van der Waals surface area contributed by atoms with Crippen LogP contribution in [0.4, 0.5) is 4.79 Å².